The number of aryl methyl sites for hydroxylation is 3. The first-order chi connectivity index (χ1) is 12.5. The Kier molecular flexibility index (Phi) is 4.51. The average Bonchev–Trinajstić information content (AvgIpc) is 3.18. The van der Waals surface area contributed by atoms with E-state index in [1.807, 2.05) is 29.7 Å². The Morgan fingerprint density at radius 1 is 1.04 bits per heavy atom. The van der Waals surface area contributed by atoms with Crippen molar-refractivity contribution in [1.82, 2.24) is 10.3 Å². The van der Waals surface area contributed by atoms with Crippen molar-refractivity contribution in [3.63, 3.8) is 0 Å². The Labute approximate surface area is 163 Å². The summed E-state index contributed by atoms with van der Waals surface area (Å²) in [4.78, 5) is 9.45. The van der Waals surface area contributed by atoms with Crippen molar-refractivity contribution in [3.05, 3.63) is 81.3 Å². The summed E-state index contributed by atoms with van der Waals surface area (Å²) in [5.41, 5.74) is 4.63. The molecule has 1 aromatic carbocycles. The van der Waals surface area contributed by atoms with E-state index in [0.29, 0.717) is 0 Å². The molecular formula is C21H21N3S2. The van der Waals surface area contributed by atoms with Gasteiger partial charge in [0.25, 0.3) is 0 Å². The number of anilines is 1. The highest BCUT2D eigenvalue weighted by molar-refractivity contribution is 7.80. The third-order valence-corrected chi connectivity index (χ3v) is 6.02. The van der Waals surface area contributed by atoms with Gasteiger partial charge in [0.05, 0.1) is 17.8 Å². The zero-order chi connectivity index (χ0) is 18.3. The van der Waals surface area contributed by atoms with Crippen molar-refractivity contribution in [2.45, 2.75) is 32.9 Å². The molecule has 5 heteroatoms. The number of benzene rings is 1. The third kappa shape index (κ3) is 3.13. The summed E-state index contributed by atoms with van der Waals surface area (Å²) in [6.45, 7) is 6.40. The van der Waals surface area contributed by atoms with Crippen LogP contribution >= 0.6 is 23.6 Å². The standard InChI is InChI=1S/C21H21N3S2/c1-13-10-14(2)12-16(11-13)24-20(18-8-7-15(3)26-18)19(23-21(24)25)17-6-4-5-9-22-17/h4-12,19-20H,1-3H3,(H,23,25)/t19-,20+/m0/s1. The van der Waals surface area contributed by atoms with Gasteiger partial charge in [-0.1, -0.05) is 12.1 Å². The minimum absolute atomic E-state index is 0.0302. The van der Waals surface area contributed by atoms with Crippen molar-refractivity contribution < 1.29 is 0 Å². The minimum Gasteiger partial charge on any atom is -0.351 e. The van der Waals surface area contributed by atoms with Crippen molar-refractivity contribution in [2.75, 3.05) is 4.90 Å². The molecule has 0 aliphatic carbocycles. The fourth-order valence-electron chi connectivity index (χ4n) is 3.62. The van der Waals surface area contributed by atoms with Crippen LogP contribution in [0.3, 0.4) is 0 Å². The number of nitrogens with zero attached hydrogens (tertiary/aromatic N) is 2. The Bertz CT molecular complexity index is 929. The maximum Gasteiger partial charge on any atom is 0.174 e. The van der Waals surface area contributed by atoms with Crippen LogP contribution in [0.25, 0.3) is 0 Å². The largest absolute Gasteiger partial charge is 0.351 e. The molecule has 0 amide bonds. The van der Waals surface area contributed by atoms with Gasteiger partial charge in [-0.15, -0.1) is 11.3 Å². The molecular weight excluding hydrogens is 358 g/mol. The second kappa shape index (κ2) is 6.82. The van der Waals surface area contributed by atoms with Gasteiger partial charge in [0.2, 0.25) is 0 Å². The van der Waals surface area contributed by atoms with Crippen LogP contribution in [-0.2, 0) is 0 Å². The molecule has 4 rings (SSSR count). The Hall–Kier alpha value is -2.24. The van der Waals surface area contributed by atoms with E-state index in [9.17, 15) is 0 Å². The smallest absolute Gasteiger partial charge is 0.174 e. The second-order valence-corrected chi connectivity index (χ2v) is 8.50. The lowest BCUT2D eigenvalue weighted by atomic mass is 10.0. The summed E-state index contributed by atoms with van der Waals surface area (Å²) in [5, 5.41) is 4.27. The fourth-order valence-corrected chi connectivity index (χ4v) is 4.98. The number of hydrogen-bond acceptors (Lipinski definition) is 3. The van der Waals surface area contributed by atoms with E-state index in [4.69, 9.17) is 12.2 Å². The molecule has 1 aliphatic heterocycles. The molecule has 3 aromatic rings. The van der Waals surface area contributed by atoms with Gasteiger partial charge < -0.3 is 10.2 Å². The lowest BCUT2D eigenvalue weighted by Crippen LogP contribution is -2.29. The SMILES string of the molecule is Cc1cc(C)cc(N2C(=S)N[C@@H](c3ccccn3)[C@H]2c2ccc(C)s2)c1. The normalized spacial score (nSPS) is 19.7. The number of thiophene rings is 1. The van der Waals surface area contributed by atoms with Gasteiger partial charge in [-0.05, 0) is 80.5 Å². The monoisotopic (exact) mass is 379 g/mol. The second-order valence-electron chi connectivity index (χ2n) is 6.79. The van der Waals surface area contributed by atoms with Gasteiger partial charge in [0.15, 0.2) is 5.11 Å². The molecule has 3 heterocycles. The van der Waals surface area contributed by atoms with E-state index in [2.05, 4.69) is 72.4 Å². The molecule has 2 atom stereocenters. The van der Waals surface area contributed by atoms with Crippen molar-refractivity contribution in [2.24, 2.45) is 0 Å². The number of nitrogens with one attached hydrogen (secondary N) is 1. The molecule has 26 heavy (non-hydrogen) atoms. The molecule has 1 saturated heterocycles. The Balaban J connectivity index is 1.85. The summed E-state index contributed by atoms with van der Waals surface area (Å²) >= 11 is 7.58. The van der Waals surface area contributed by atoms with Gasteiger partial charge in [0, 0.05) is 21.6 Å². The molecule has 0 radical (unpaired) electrons. The minimum atomic E-state index is 0.0302. The van der Waals surface area contributed by atoms with Crippen LogP contribution in [0.15, 0.2) is 54.7 Å². The maximum absolute atomic E-state index is 5.76. The van der Waals surface area contributed by atoms with E-state index >= 15 is 0 Å². The number of rotatable bonds is 3. The van der Waals surface area contributed by atoms with Crippen LogP contribution in [0.5, 0.6) is 0 Å². The lowest BCUT2D eigenvalue weighted by Gasteiger charge is -2.27. The molecule has 2 aromatic heterocycles. The van der Waals surface area contributed by atoms with Crippen LogP contribution in [-0.4, -0.2) is 10.1 Å². The van der Waals surface area contributed by atoms with Crippen molar-refractivity contribution >= 4 is 34.4 Å². The number of hydrogen-bond donors (Lipinski definition) is 1. The molecule has 0 unspecified atom stereocenters. The molecule has 0 spiro atoms. The van der Waals surface area contributed by atoms with E-state index in [0.717, 1.165) is 16.5 Å². The summed E-state index contributed by atoms with van der Waals surface area (Å²) in [5.74, 6) is 0. The maximum atomic E-state index is 5.76. The van der Waals surface area contributed by atoms with Gasteiger partial charge in [-0.2, -0.15) is 0 Å². The van der Waals surface area contributed by atoms with E-state index in [-0.39, 0.29) is 12.1 Å². The highest BCUT2D eigenvalue weighted by atomic mass is 32.1. The number of thiocarbonyl (C=S) groups is 1. The Morgan fingerprint density at radius 2 is 1.81 bits per heavy atom. The van der Waals surface area contributed by atoms with Crippen LogP contribution < -0.4 is 10.2 Å². The zero-order valence-electron chi connectivity index (χ0n) is 15.1. The Morgan fingerprint density at radius 3 is 2.42 bits per heavy atom. The summed E-state index contributed by atoms with van der Waals surface area (Å²) in [6.07, 6.45) is 1.84. The molecule has 3 nitrogen and oxygen atoms in total. The zero-order valence-corrected chi connectivity index (χ0v) is 16.7. The fraction of sp³-hybridized carbons (Fsp3) is 0.238. The predicted octanol–water partition coefficient (Wildman–Crippen LogP) is 5.25. The van der Waals surface area contributed by atoms with Gasteiger partial charge >= 0.3 is 0 Å². The van der Waals surface area contributed by atoms with Crippen LogP contribution in [0.1, 0.15) is 38.7 Å². The molecule has 132 valence electrons. The predicted molar refractivity (Wildman–Crippen MR) is 113 cm³/mol. The van der Waals surface area contributed by atoms with E-state index in [1.165, 1.54) is 20.9 Å². The average molecular weight is 380 g/mol. The molecule has 1 aliphatic rings. The first-order valence-electron chi connectivity index (χ1n) is 8.68. The van der Waals surface area contributed by atoms with Gasteiger partial charge in [-0.3, -0.25) is 4.98 Å². The van der Waals surface area contributed by atoms with Gasteiger partial charge in [-0.25, -0.2) is 0 Å². The van der Waals surface area contributed by atoms with E-state index < -0.39 is 0 Å². The van der Waals surface area contributed by atoms with Crippen molar-refractivity contribution in [1.29, 1.82) is 0 Å². The quantitative estimate of drug-likeness (QED) is 0.630. The first kappa shape index (κ1) is 17.2. The molecule has 0 bridgehead atoms. The summed E-state index contributed by atoms with van der Waals surface area (Å²) in [6, 6.07) is 17.2. The summed E-state index contributed by atoms with van der Waals surface area (Å²) < 4.78 is 0. The number of aromatic nitrogens is 1. The number of pyridine rings is 1. The van der Waals surface area contributed by atoms with Gasteiger partial charge in [0.1, 0.15) is 0 Å². The van der Waals surface area contributed by atoms with Crippen LogP contribution in [0, 0.1) is 20.8 Å². The van der Waals surface area contributed by atoms with Crippen LogP contribution in [0.2, 0.25) is 0 Å². The topological polar surface area (TPSA) is 28.2 Å². The molecule has 1 fully saturated rings. The summed E-state index contributed by atoms with van der Waals surface area (Å²) in [7, 11) is 0. The molecule has 1 N–H and O–H groups in total. The van der Waals surface area contributed by atoms with E-state index in [1.54, 1.807) is 0 Å². The molecule has 0 saturated carbocycles. The highest BCUT2D eigenvalue weighted by Gasteiger charge is 2.41. The lowest BCUT2D eigenvalue weighted by molar-refractivity contribution is 0.575. The van der Waals surface area contributed by atoms with Crippen molar-refractivity contribution in [3.8, 4) is 0 Å². The first-order valence-corrected chi connectivity index (χ1v) is 9.91. The van der Waals surface area contributed by atoms with Crippen LogP contribution in [0.4, 0.5) is 5.69 Å². The third-order valence-electron chi connectivity index (χ3n) is 4.64. The highest BCUT2D eigenvalue weighted by Crippen LogP contribution is 2.43.